The molecule has 0 aromatic carbocycles. The van der Waals surface area contributed by atoms with Crippen molar-refractivity contribution in [2.24, 2.45) is 5.92 Å². The number of hydrogen-bond acceptors (Lipinski definition) is 5. The van der Waals surface area contributed by atoms with E-state index in [9.17, 15) is 4.79 Å². The maximum Gasteiger partial charge on any atom is 0.332 e. The summed E-state index contributed by atoms with van der Waals surface area (Å²) in [5.74, 6) is 0.360. The van der Waals surface area contributed by atoms with Gasteiger partial charge in [-0.15, -0.1) is 0 Å². The normalized spacial score (nSPS) is 13.0. The van der Waals surface area contributed by atoms with Crippen molar-refractivity contribution in [1.82, 2.24) is 10.1 Å². The summed E-state index contributed by atoms with van der Waals surface area (Å²) < 4.78 is 10.0. The molecule has 0 bridgehead atoms. The molecule has 0 radical (unpaired) electrons. The summed E-state index contributed by atoms with van der Waals surface area (Å²) >= 11 is 0. The van der Waals surface area contributed by atoms with Gasteiger partial charge in [0.2, 0.25) is 5.89 Å². The summed E-state index contributed by atoms with van der Waals surface area (Å²) in [6.45, 7) is 5.60. The van der Waals surface area contributed by atoms with Gasteiger partial charge in [0, 0.05) is 6.42 Å². The van der Waals surface area contributed by atoms with Crippen LogP contribution in [0.1, 0.15) is 32.5 Å². The van der Waals surface area contributed by atoms with Crippen LogP contribution in [0.2, 0.25) is 0 Å². The van der Waals surface area contributed by atoms with Gasteiger partial charge in [0.25, 0.3) is 0 Å². The second-order valence-corrected chi connectivity index (χ2v) is 3.99. The number of ether oxygens (including phenoxy) is 1. The Morgan fingerprint density at radius 2 is 2.19 bits per heavy atom. The number of aliphatic carboxylic acids is 1. The van der Waals surface area contributed by atoms with Crippen LogP contribution < -0.4 is 0 Å². The molecule has 0 saturated heterocycles. The molecule has 0 aliphatic rings. The molecule has 0 aliphatic carbocycles. The molecular formula is C10H16N2O4. The lowest BCUT2D eigenvalue weighted by molar-refractivity contribution is -0.150. The Hall–Kier alpha value is -1.43. The molecule has 1 rings (SSSR count). The zero-order chi connectivity index (χ0) is 12.1. The Bertz CT molecular complexity index is 348. The van der Waals surface area contributed by atoms with Gasteiger partial charge >= 0.3 is 5.97 Å². The third-order valence-corrected chi connectivity index (χ3v) is 1.90. The van der Waals surface area contributed by atoms with Crippen molar-refractivity contribution in [2.45, 2.75) is 39.9 Å². The molecule has 6 heteroatoms. The molecule has 1 aromatic rings. The van der Waals surface area contributed by atoms with Crippen molar-refractivity contribution in [2.75, 3.05) is 0 Å². The highest BCUT2D eigenvalue weighted by Crippen LogP contribution is 2.06. The Balaban J connectivity index is 2.43. The summed E-state index contributed by atoms with van der Waals surface area (Å²) in [6.07, 6.45) is -0.159. The molecular weight excluding hydrogens is 212 g/mol. The Morgan fingerprint density at radius 3 is 2.75 bits per heavy atom. The molecule has 1 heterocycles. The molecule has 16 heavy (non-hydrogen) atoms. The summed E-state index contributed by atoms with van der Waals surface area (Å²) in [5.41, 5.74) is 0. The van der Waals surface area contributed by atoms with Crippen LogP contribution in [-0.2, 0) is 22.6 Å². The number of aromatic nitrogens is 2. The Kier molecular flexibility index (Phi) is 4.42. The van der Waals surface area contributed by atoms with Gasteiger partial charge in [0.05, 0.1) is 0 Å². The first-order valence-electron chi connectivity index (χ1n) is 5.15. The van der Waals surface area contributed by atoms with Crippen LogP contribution in [-0.4, -0.2) is 27.3 Å². The molecule has 0 spiro atoms. The summed E-state index contributed by atoms with van der Waals surface area (Å²) in [4.78, 5) is 14.6. The number of nitrogens with zero attached hydrogens (tertiary/aromatic N) is 2. The van der Waals surface area contributed by atoms with Crippen LogP contribution in [0, 0.1) is 5.92 Å². The minimum atomic E-state index is -1.01. The van der Waals surface area contributed by atoms with Gasteiger partial charge < -0.3 is 14.4 Å². The molecule has 90 valence electrons. The maximum absolute atomic E-state index is 10.5. The average Bonchev–Trinajstić information content (AvgIpc) is 2.60. The van der Waals surface area contributed by atoms with Gasteiger partial charge in [-0.3, -0.25) is 0 Å². The molecule has 0 saturated carbocycles. The summed E-state index contributed by atoms with van der Waals surface area (Å²) in [5, 5.41) is 12.3. The van der Waals surface area contributed by atoms with E-state index in [1.807, 2.05) is 13.8 Å². The fourth-order valence-electron chi connectivity index (χ4n) is 1.05. The Morgan fingerprint density at radius 1 is 1.50 bits per heavy atom. The number of hydrogen-bond donors (Lipinski definition) is 1. The van der Waals surface area contributed by atoms with E-state index in [2.05, 4.69) is 10.1 Å². The van der Waals surface area contributed by atoms with E-state index < -0.39 is 12.1 Å². The number of carboxylic acids is 1. The van der Waals surface area contributed by atoms with Gasteiger partial charge in [-0.05, 0) is 12.8 Å². The van der Waals surface area contributed by atoms with E-state index in [1.165, 1.54) is 6.92 Å². The van der Waals surface area contributed by atoms with Crippen LogP contribution in [0.25, 0.3) is 0 Å². The maximum atomic E-state index is 10.5. The van der Waals surface area contributed by atoms with Crippen molar-refractivity contribution in [3.05, 3.63) is 11.7 Å². The quantitative estimate of drug-likeness (QED) is 0.788. The average molecular weight is 228 g/mol. The van der Waals surface area contributed by atoms with Crippen molar-refractivity contribution in [3.8, 4) is 0 Å². The zero-order valence-electron chi connectivity index (χ0n) is 9.64. The lowest BCUT2D eigenvalue weighted by Crippen LogP contribution is -2.19. The van der Waals surface area contributed by atoms with Crippen LogP contribution in [0.3, 0.4) is 0 Å². The largest absolute Gasteiger partial charge is 0.479 e. The Labute approximate surface area is 93.6 Å². The third kappa shape index (κ3) is 3.98. The van der Waals surface area contributed by atoms with E-state index in [0.717, 1.165) is 0 Å². The summed E-state index contributed by atoms with van der Waals surface area (Å²) in [7, 11) is 0. The van der Waals surface area contributed by atoms with Gasteiger partial charge in [-0.2, -0.15) is 4.98 Å². The van der Waals surface area contributed by atoms with E-state index in [-0.39, 0.29) is 6.61 Å². The molecule has 0 aliphatic heterocycles. The topological polar surface area (TPSA) is 85.5 Å². The smallest absolute Gasteiger partial charge is 0.332 e. The van der Waals surface area contributed by atoms with Crippen molar-refractivity contribution in [1.29, 1.82) is 0 Å². The van der Waals surface area contributed by atoms with E-state index in [0.29, 0.717) is 24.1 Å². The predicted molar refractivity (Wildman–Crippen MR) is 54.7 cm³/mol. The predicted octanol–water partition coefficient (Wildman–Crippen LogP) is 1.26. The van der Waals surface area contributed by atoms with Crippen LogP contribution in [0.4, 0.5) is 0 Å². The van der Waals surface area contributed by atoms with Crippen LogP contribution >= 0.6 is 0 Å². The monoisotopic (exact) mass is 228 g/mol. The minimum Gasteiger partial charge on any atom is -0.479 e. The van der Waals surface area contributed by atoms with E-state index >= 15 is 0 Å². The minimum absolute atomic E-state index is 0.0507. The van der Waals surface area contributed by atoms with Gasteiger partial charge in [0.1, 0.15) is 6.61 Å². The highest BCUT2D eigenvalue weighted by Gasteiger charge is 2.13. The fraction of sp³-hybridized carbons (Fsp3) is 0.700. The lowest BCUT2D eigenvalue weighted by atomic mass is 10.1. The SMILES string of the molecule is CC(C)Cc1nc(COC(C)C(=O)O)no1. The standard InChI is InChI=1S/C10H16N2O4/c1-6(2)4-9-11-8(12-16-9)5-15-7(3)10(13)14/h6-7H,4-5H2,1-3H3,(H,13,14). The van der Waals surface area contributed by atoms with Crippen molar-refractivity contribution in [3.63, 3.8) is 0 Å². The van der Waals surface area contributed by atoms with Crippen LogP contribution in [0.15, 0.2) is 4.52 Å². The molecule has 0 amide bonds. The van der Waals surface area contributed by atoms with Crippen molar-refractivity contribution >= 4 is 5.97 Å². The van der Waals surface area contributed by atoms with Crippen molar-refractivity contribution < 1.29 is 19.2 Å². The molecule has 1 N–H and O–H groups in total. The van der Waals surface area contributed by atoms with Gasteiger partial charge in [0.15, 0.2) is 11.9 Å². The highest BCUT2D eigenvalue weighted by molar-refractivity contribution is 5.71. The number of carbonyl (C=O) groups is 1. The summed E-state index contributed by atoms with van der Waals surface area (Å²) in [6, 6.07) is 0. The van der Waals surface area contributed by atoms with Gasteiger partial charge in [-0.25, -0.2) is 4.79 Å². The fourth-order valence-corrected chi connectivity index (χ4v) is 1.05. The molecule has 1 unspecified atom stereocenters. The first-order chi connectivity index (χ1) is 7.49. The molecule has 0 fully saturated rings. The lowest BCUT2D eigenvalue weighted by Gasteiger charge is -2.04. The zero-order valence-corrected chi connectivity index (χ0v) is 9.64. The van der Waals surface area contributed by atoms with E-state index in [1.54, 1.807) is 0 Å². The third-order valence-electron chi connectivity index (χ3n) is 1.90. The van der Waals surface area contributed by atoms with Crippen LogP contribution in [0.5, 0.6) is 0 Å². The number of carboxylic acid groups (broad SMARTS) is 1. The number of rotatable bonds is 6. The van der Waals surface area contributed by atoms with Gasteiger partial charge in [-0.1, -0.05) is 19.0 Å². The van der Waals surface area contributed by atoms with E-state index in [4.69, 9.17) is 14.4 Å². The second kappa shape index (κ2) is 5.60. The molecule has 1 atom stereocenters. The highest BCUT2D eigenvalue weighted by atomic mass is 16.5. The molecule has 1 aromatic heterocycles. The first-order valence-corrected chi connectivity index (χ1v) is 5.15. The molecule has 6 nitrogen and oxygen atoms in total. The second-order valence-electron chi connectivity index (χ2n) is 3.99. The first kappa shape index (κ1) is 12.6.